The minimum Gasteiger partial charge on any atom is -0.309 e. The van der Waals surface area contributed by atoms with Crippen molar-refractivity contribution < 1.29 is 4.39 Å². The quantitative estimate of drug-likeness (QED) is 0.732. The van der Waals surface area contributed by atoms with Crippen molar-refractivity contribution in [2.75, 3.05) is 7.05 Å². The SMILES string of the molecule is CNC(c1cc2c(s1)CCCCC2)c1cccc(Br)c1F. The van der Waals surface area contributed by atoms with E-state index in [1.165, 1.54) is 47.4 Å². The summed E-state index contributed by atoms with van der Waals surface area (Å²) < 4.78 is 14.9. The summed E-state index contributed by atoms with van der Waals surface area (Å²) in [4.78, 5) is 2.72. The van der Waals surface area contributed by atoms with Gasteiger partial charge in [-0.1, -0.05) is 18.6 Å². The van der Waals surface area contributed by atoms with E-state index in [2.05, 4.69) is 27.3 Å². The third-order valence-corrected chi connectivity index (χ3v) is 6.05. The zero-order valence-corrected chi connectivity index (χ0v) is 14.5. The van der Waals surface area contributed by atoms with E-state index in [0.29, 0.717) is 10.0 Å². The molecule has 1 aromatic heterocycles. The van der Waals surface area contributed by atoms with E-state index in [4.69, 9.17) is 0 Å². The molecule has 0 amide bonds. The molecule has 4 heteroatoms. The lowest BCUT2D eigenvalue weighted by Gasteiger charge is -2.16. The Morgan fingerprint density at radius 2 is 2.05 bits per heavy atom. The number of nitrogens with one attached hydrogen (secondary N) is 1. The summed E-state index contributed by atoms with van der Waals surface area (Å²) in [5, 5.41) is 3.28. The van der Waals surface area contributed by atoms with Gasteiger partial charge in [0, 0.05) is 15.3 Å². The summed E-state index contributed by atoms with van der Waals surface area (Å²) in [5.74, 6) is -0.166. The molecule has 0 bridgehead atoms. The lowest BCUT2D eigenvalue weighted by atomic mass is 10.0. The molecule has 0 aliphatic heterocycles. The van der Waals surface area contributed by atoms with Crippen molar-refractivity contribution in [3.8, 4) is 0 Å². The van der Waals surface area contributed by atoms with Gasteiger partial charge in [0.25, 0.3) is 0 Å². The molecule has 1 N–H and O–H groups in total. The first-order valence-electron chi connectivity index (χ1n) is 7.43. The van der Waals surface area contributed by atoms with Crippen molar-refractivity contribution in [1.29, 1.82) is 0 Å². The molecule has 0 radical (unpaired) electrons. The van der Waals surface area contributed by atoms with Gasteiger partial charge in [0.05, 0.1) is 10.5 Å². The standard InChI is InChI=1S/C17H19BrFNS/c1-20-17(12-7-5-8-13(18)16(12)19)15-10-11-6-3-2-4-9-14(11)21-15/h5,7-8,10,17,20H,2-4,6,9H2,1H3. The Kier molecular flexibility index (Phi) is 4.77. The molecular formula is C17H19BrFNS. The van der Waals surface area contributed by atoms with Crippen LogP contribution in [-0.2, 0) is 12.8 Å². The van der Waals surface area contributed by atoms with Gasteiger partial charge in [-0.05, 0) is 66.4 Å². The maximum atomic E-state index is 14.4. The maximum absolute atomic E-state index is 14.4. The first kappa shape index (κ1) is 15.2. The summed E-state index contributed by atoms with van der Waals surface area (Å²) in [6.45, 7) is 0. The molecule has 0 spiro atoms. The van der Waals surface area contributed by atoms with Gasteiger partial charge in [-0.3, -0.25) is 0 Å². The fourth-order valence-electron chi connectivity index (χ4n) is 3.03. The van der Waals surface area contributed by atoms with Gasteiger partial charge in [-0.2, -0.15) is 0 Å². The second-order valence-electron chi connectivity index (χ2n) is 5.52. The fraction of sp³-hybridized carbons (Fsp3) is 0.412. The summed E-state index contributed by atoms with van der Waals surface area (Å²) in [6, 6.07) is 7.72. The number of hydrogen-bond donors (Lipinski definition) is 1. The van der Waals surface area contributed by atoms with Gasteiger partial charge in [0.2, 0.25) is 0 Å². The van der Waals surface area contributed by atoms with Crippen LogP contribution in [-0.4, -0.2) is 7.05 Å². The van der Waals surface area contributed by atoms with Crippen molar-refractivity contribution in [2.45, 2.75) is 38.1 Å². The number of aryl methyl sites for hydroxylation is 2. The molecule has 0 saturated carbocycles. The highest BCUT2D eigenvalue weighted by molar-refractivity contribution is 9.10. The molecule has 2 aromatic rings. The fourth-order valence-corrected chi connectivity index (χ4v) is 4.80. The highest BCUT2D eigenvalue weighted by Crippen LogP contribution is 2.36. The van der Waals surface area contributed by atoms with Crippen molar-refractivity contribution in [2.24, 2.45) is 0 Å². The highest BCUT2D eigenvalue weighted by atomic mass is 79.9. The number of benzene rings is 1. The van der Waals surface area contributed by atoms with Crippen molar-refractivity contribution in [3.05, 3.63) is 55.4 Å². The van der Waals surface area contributed by atoms with Crippen LogP contribution in [0.15, 0.2) is 28.7 Å². The van der Waals surface area contributed by atoms with Crippen molar-refractivity contribution in [3.63, 3.8) is 0 Å². The van der Waals surface area contributed by atoms with Crippen molar-refractivity contribution >= 4 is 27.3 Å². The van der Waals surface area contributed by atoms with Crippen LogP contribution in [0.1, 0.15) is 46.2 Å². The van der Waals surface area contributed by atoms with Crippen LogP contribution in [0, 0.1) is 5.82 Å². The summed E-state index contributed by atoms with van der Waals surface area (Å²) in [7, 11) is 1.90. The van der Waals surface area contributed by atoms with E-state index < -0.39 is 0 Å². The topological polar surface area (TPSA) is 12.0 Å². The summed E-state index contributed by atoms with van der Waals surface area (Å²) >= 11 is 5.13. The number of halogens is 2. The first-order chi connectivity index (χ1) is 10.2. The Morgan fingerprint density at radius 1 is 1.24 bits per heavy atom. The zero-order valence-electron chi connectivity index (χ0n) is 12.1. The summed E-state index contributed by atoms with van der Waals surface area (Å²) in [5.41, 5.74) is 2.19. The smallest absolute Gasteiger partial charge is 0.142 e. The normalized spacial score (nSPS) is 16.3. The molecule has 1 nitrogen and oxygen atoms in total. The van der Waals surface area contributed by atoms with E-state index >= 15 is 0 Å². The zero-order chi connectivity index (χ0) is 14.8. The monoisotopic (exact) mass is 367 g/mol. The van der Waals surface area contributed by atoms with E-state index in [9.17, 15) is 4.39 Å². The molecular weight excluding hydrogens is 349 g/mol. The molecule has 112 valence electrons. The molecule has 0 fully saturated rings. The highest BCUT2D eigenvalue weighted by Gasteiger charge is 2.22. The van der Waals surface area contributed by atoms with Crippen LogP contribution in [0.5, 0.6) is 0 Å². The third kappa shape index (κ3) is 3.08. The van der Waals surface area contributed by atoms with E-state index in [0.717, 1.165) is 0 Å². The van der Waals surface area contributed by atoms with Gasteiger partial charge >= 0.3 is 0 Å². The molecule has 1 unspecified atom stereocenters. The van der Waals surface area contributed by atoms with E-state index in [1.807, 2.05) is 30.5 Å². The minimum atomic E-state index is -0.166. The Bertz CT molecular complexity index is 614. The van der Waals surface area contributed by atoms with Crippen LogP contribution in [0.25, 0.3) is 0 Å². The summed E-state index contributed by atoms with van der Waals surface area (Å²) in [6.07, 6.45) is 6.23. The van der Waals surface area contributed by atoms with E-state index in [-0.39, 0.29) is 11.9 Å². The molecule has 1 aliphatic carbocycles. The molecule has 1 atom stereocenters. The average molecular weight is 368 g/mol. The van der Waals surface area contributed by atoms with Crippen LogP contribution in [0.4, 0.5) is 4.39 Å². The van der Waals surface area contributed by atoms with Gasteiger partial charge < -0.3 is 5.32 Å². The number of fused-ring (bicyclic) bond motifs is 1. The molecule has 0 saturated heterocycles. The first-order valence-corrected chi connectivity index (χ1v) is 9.04. The lowest BCUT2D eigenvalue weighted by Crippen LogP contribution is -2.18. The Morgan fingerprint density at radius 3 is 2.86 bits per heavy atom. The Labute approximate surface area is 137 Å². The van der Waals surface area contributed by atoms with Crippen LogP contribution in [0.3, 0.4) is 0 Å². The molecule has 1 aromatic carbocycles. The third-order valence-electron chi connectivity index (χ3n) is 4.13. The minimum absolute atomic E-state index is 0.0700. The largest absolute Gasteiger partial charge is 0.309 e. The van der Waals surface area contributed by atoms with Crippen LogP contribution in [0.2, 0.25) is 0 Å². The predicted octanol–water partition coefficient (Wildman–Crippen LogP) is 5.23. The number of rotatable bonds is 3. The second kappa shape index (κ2) is 6.59. The predicted molar refractivity (Wildman–Crippen MR) is 90.6 cm³/mol. The maximum Gasteiger partial charge on any atom is 0.142 e. The molecule has 1 aliphatic rings. The van der Waals surface area contributed by atoms with Crippen LogP contribution >= 0.6 is 27.3 Å². The van der Waals surface area contributed by atoms with Gasteiger partial charge in [-0.25, -0.2) is 4.39 Å². The van der Waals surface area contributed by atoms with Crippen LogP contribution < -0.4 is 5.32 Å². The lowest BCUT2D eigenvalue weighted by molar-refractivity contribution is 0.574. The Balaban J connectivity index is 1.98. The second-order valence-corrected chi connectivity index (χ2v) is 7.55. The van der Waals surface area contributed by atoms with Gasteiger partial charge in [0.15, 0.2) is 0 Å². The van der Waals surface area contributed by atoms with Gasteiger partial charge in [0.1, 0.15) is 5.82 Å². The Hall–Kier alpha value is -0.710. The molecule has 3 rings (SSSR count). The van der Waals surface area contributed by atoms with Crippen molar-refractivity contribution in [1.82, 2.24) is 5.32 Å². The molecule has 21 heavy (non-hydrogen) atoms. The van der Waals surface area contributed by atoms with Gasteiger partial charge in [-0.15, -0.1) is 11.3 Å². The number of hydrogen-bond acceptors (Lipinski definition) is 2. The van der Waals surface area contributed by atoms with E-state index in [1.54, 1.807) is 6.07 Å². The number of thiophene rings is 1. The average Bonchev–Trinajstić information content (AvgIpc) is 2.75. The molecule has 1 heterocycles.